The molecule has 0 aromatic carbocycles. The van der Waals surface area contributed by atoms with Crippen LogP contribution in [-0.4, -0.2) is 15.7 Å². The Labute approximate surface area is 98.4 Å². The zero-order valence-electron chi connectivity index (χ0n) is 9.51. The molecule has 90 valence electrons. The molecule has 0 fully saturated rings. The monoisotopic (exact) mass is 234 g/mol. The van der Waals surface area contributed by atoms with Crippen LogP contribution in [0.25, 0.3) is 0 Å². The molecule has 2 aromatic heterocycles. The molecular formula is C11H14N4O2. The molecule has 6 nitrogen and oxygen atoms in total. The summed E-state index contributed by atoms with van der Waals surface area (Å²) in [4.78, 5) is 11.8. The maximum Gasteiger partial charge on any atom is 0.259 e. The summed E-state index contributed by atoms with van der Waals surface area (Å²) in [7, 11) is 0. The first-order chi connectivity index (χ1) is 8.22. The molecule has 17 heavy (non-hydrogen) atoms. The number of aryl methyl sites for hydroxylation is 1. The zero-order chi connectivity index (χ0) is 12.3. The van der Waals surface area contributed by atoms with Gasteiger partial charge in [0.25, 0.3) is 5.91 Å². The Bertz CT molecular complexity index is 515. The van der Waals surface area contributed by atoms with Crippen molar-refractivity contribution in [1.82, 2.24) is 9.78 Å². The second-order valence-corrected chi connectivity index (χ2v) is 3.54. The van der Waals surface area contributed by atoms with Crippen molar-refractivity contribution in [2.75, 3.05) is 5.32 Å². The van der Waals surface area contributed by atoms with Crippen molar-refractivity contribution in [2.45, 2.75) is 20.0 Å². The molecule has 0 atom stereocenters. The summed E-state index contributed by atoms with van der Waals surface area (Å²) in [5.41, 5.74) is 6.51. The molecule has 0 spiro atoms. The van der Waals surface area contributed by atoms with Gasteiger partial charge in [0.05, 0.1) is 24.0 Å². The van der Waals surface area contributed by atoms with Gasteiger partial charge in [-0.2, -0.15) is 5.10 Å². The van der Waals surface area contributed by atoms with Gasteiger partial charge in [-0.1, -0.05) is 0 Å². The van der Waals surface area contributed by atoms with Gasteiger partial charge in [0, 0.05) is 12.7 Å². The van der Waals surface area contributed by atoms with Crippen molar-refractivity contribution in [3.05, 3.63) is 36.0 Å². The van der Waals surface area contributed by atoms with E-state index in [1.54, 1.807) is 23.1 Å². The number of amides is 1. The first kappa shape index (κ1) is 11.4. The van der Waals surface area contributed by atoms with Crippen LogP contribution >= 0.6 is 0 Å². The average Bonchev–Trinajstić information content (AvgIpc) is 2.96. The Morgan fingerprint density at radius 1 is 1.65 bits per heavy atom. The minimum Gasteiger partial charge on any atom is -0.467 e. The highest BCUT2D eigenvalue weighted by atomic mass is 16.3. The lowest BCUT2D eigenvalue weighted by Crippen LogP contribution is -2.10. The van der Waals surface area contributed by atoms with Gasteiger partial charge in [0.15, 0.2) is 0 Å². The van der Waals surface area contributed by atoms with E-state index in [0.29, 0.717) is 17.0 Å². The molecule has 2 heterocycles. The summed E-state index contributed by atoms with van der Waals surface area (Å²) in [6.07, 6.45) is 4.76. The highest BCUT2D eigenvalue weighted by Gasteiger charge is 2.10. The molecule has 2 rings (SSSR count). The predicted molar refractivity (Wildman–Crippen MR) is 62.5 cm³/mol. The van der Waals surface area contributed by atoms with E-state index in [2.05, 4.69) is 10.4 Å². The van der Waals surface area contributed by atoms with Gasteiger partial charge in [-0.25, -0.2) is 0 Å². The zero-order valence-corrected chi connectivity index (χ0v) is 9.51. The van der Waals surface area contributed by atoms with E-state index in [1.807, 2.05) is 6.92 Å². The Hall–Kier alpha value is -2.08. The Morgan fingerprint density at radius 3 is 3.06 bits per heavy atom. The van der Waals surface area contributed by atoms with Gasteiger partial charge in [0.1, 0.15) is 12.0 Å². The fourth-order valence-corrected chi connectivity index (χ4v) is 1.41. The molecule has 0 aliphatic heterocycles. The molecular weight excluding hydrogens is 220 g/mol. The molecule has 0 saturated heterocycles. The van der Waals surface area contributed by atoms with Crippen molar-refractivity contribution < 1.29 is 9.21 Å². The molecule has 0 saturated carbocycles. The van der Waals surface area contributed by atoms with Crippen molar-refractivity contribution in [3.8, 4) is 0 Å². The van der Waals surface area contributed by atoms with Crippen LogP contribution in [0.3, 0.4) is 0 Å². The number of nitrogens with zero attached hydrogens (tertiary/aromatic N) is 2. The fourth-order valence-electron chi connectivity index (χ4n) is 1.41. The third kappa shape index (κ3) is 2.54. The molecule has 1 amide bonds. The van der Waals surface area contributed by atoms with E-state index in [4.69, 9.17) is 10.2 Å². The van der Waals surface area contributed by atoms with E-state index in [0.717, 1.165) is 6.54 Å². The van der Waals surface area contributed by atoms with Crippen LogP contribution < -0.4 is 11.1 Å². The number of furan rings is 1. The standard InChI is InChI=1S/C11H14N4O2/c1-2-15-6-9(5-13-15)14-11(16)8-3-10(4-12)17-7-8/h3,5-7H,2,4,12H2,1H3,(H,14,16). The van der Waals surface area contributed by atoms with Crippen LogP contribution in [-0.2, 0) is 13.1 Å². The smallest absolute Gasteiger partial charge is 0.259 e. The second kappa shape index (κ2) is 4.84. The lowest BCUT2D eigenvalue weighted by Gasteiger charge is -1.98. The van der Waals surface area contributed by atoms with Gasteiger partial charge in [-0.3, -0.25) is 9.48 Å². The number of anilines is 1. The number of nitrogens with one attached hydrogen (secondary N) is 1. The SMILES string of the molecule is CCn1cc(NC(=O)c2coc(CN)c2)cn1. The van der Waals surface area contributed by atoms with E-state index in [-0.39, 0.29) is 12.5 Å². The number of nitrogens with two attached hydrogens (primary N) is 1. The first-order valence-electron chi connectivity index (χ1n) is 5.34. The first-order valence-corrected chi connectivity index (χ1v) is 5.34. The highest BCUT2D eigenvalue weighted by molar-refractivity contribution is 6.03. The fraction of sp³-hybridized carbons (Fsp3) is 0.273. The molecule has 0 unspecified atom stereocenters. The third-order valence-corrected chi connectivity index (χ3v) is 2.33. The third-order valence-electron chi connectivity index (χ3n) is 2.33. The van der Waals surface area contributed by atoms with Crippen LogP contribution in [0.4, 0.5) is 5.69 Å². The van der Waals surface area contributed by atoms with Gasteiger partial charge in [-0.05, 0) is 13.0 Å². The molecule has 0 radical (unpaired) electrons. The molecule has 2 aromatic rings. The predicted octanol–water partition coefficient (Wildman–Crippen LogP) is 1.21. The van der Waals surface area contributed by atoms with E-state index < -0.39 is 0 Å². The average molecular weight is 234 g/mol. The maximum absolute atomic E-state index is 11.8. The minimum absolute atomic E-state index is 0.232. The summed E-state index contributed by atoms with van der Waals surface area (Å²) in [6, 6.07) is 1.62. The number of hydrogen-bond acceptors (Lipinski definition) is 4. The maximum atomic E-state index is 11.8. The normalized spacial score (nSPS) is 10.5. The van der Waals surface area contributed by atoms with Crippen LogP contribution in [0.5, 0.6) is 0 Å². The van der Waals surface area contributed by atoms with Crippen molar-refractivity contribution in [2.24, 2.45) is 5.73 Å². The van der Waals surface area contributed by atoms with Crippen LogP contribution in [0.15, 0.2) is 29.1 Å². The Kier molecular flexibility index (Phi) is 3.24. The minimum atomic E-state index is -0.232. The molecule has 6 heteroatoms. The number of rotatable bonds is 4. The van der Waals surface area contributed by atoms with E-state index in [1.165, 1.54) is 6.26 Å². The molecule has 0 aliphatic carbocycles. The molecule has 0 aliphatic rings. The summed E-state index contributed by atoms with van der Waals surface area (Å²) in [5, 5.41) is 6.79. The van der Waals surface area contributed by atoms with E-state index >= 15 is 0 Å². The van der Waals surface area contributed by atoms with Crippen molar-refractivity contribution in [1.29, 1.82) is 0 Å². The summed E-state index contributed by atoms with van der Waals surface area (Å²) in [5.74, 6) is 0.350. The lowest BCUT2D eigenvalue weighted by molar-refractivity contribution is 0.102. The van der Waals surface area contributed by atoms with Crippen molar-refractivity contribution in [3.63, 3.8) is 0 Å². The largest absolute Gasteiger partial charge is 0.467 e. The van der Waals surface area contributed by atoms with Gasteiger partial charge in [0.2, 0.25) is 0 Å². The van der Waals surface area contributed by atoms with Crippen LogP contribution in [0.1, 0.15) is 23.0 Å². The number of carbonyl (C=O) groups is 1. The number of aromatic nitrogens is 2. The lowest BCUT2D eigenvalue weighted by atomic mass is 10.3. The number of hydrogen-bond donors (Lipinski definition) is 2. The van der Waals surface area contributed by atoms with Gasteiger partial charge in [-0.15, -0.1) is 0 Å². The van der Waals surface area contributed by atoms with Crippen molar-refractivity contribution >= 4 is 11.6 Å². The van der Waals surface area contributed by atoms with Gasteiger partial charge >= 0.3 is 0 Å². The summed E-state index contributed by atoms with van der Waals surface area (Å²) < 4.78 is 6.82. The molecule has 0 bridgehead atoms. The van der Waals surface area contributed by atoms with E-state index in [9.17, 15) is 4.79 Å². The topological polar surface area (TPSA) is 86.1 Å². The van der Waals surface area contributed by atoms with Crippen LogP contribution in [0.2, 0.25) is 0 Å². The number of carbonyl (C=O) groups excluding carboxylic acids is 1. The summed E-state index contributed by atoms with van der Waals surface area (Å²) in [6.45, 7) is 3.02. The Balaban J connectivity index is 2.05. The quantitative estimate of drug-likeness (QED) is 0.832. The molecule has 3 N–H and O–H groups in total. The summed E-state index contributed by atoms with van der Waals surface area (Å²) >= 11 is 0. The van der Waals surface area contributed by atoms with Gasteiger partial charge < -0.3 is 15.5 Å². The second-order valence-electron chi connectivity index (χ2n) is 3.54. The van der Waals surface area contributed by atoms with Crippen LogP contribution in [0, 0.1) is 0 Å². The highest BCUT2D eigenvalue weighted by Crippen LogP contribution is 2.11. The Morgan fingerprint density at radius 2 is 2.47 bits per heavy atom.